The number of carbonyl (C=O) groups is 1. The lowest BCUT2D eigenvalue weighted by Gasteiger charge is -2.19. The number of nitrogens with one attached hydrogen (secondary N) is 1. The molecule has 1 aromatic rings. The van der Waals surface area contributed by atoms with Gasteiger partial charge < -0.3 is 4.90 Å². The van der Waals surface area contributed by atoms with E-state index in [1.807, 2.05) is 20.1 Å². The number of amides is 2. The molecule has 0 unspecified atom stereocenters. The van der Waals surface area contributed by atoms with E-state index in [0.29, 0.717) is 23.9 Å². The predicted octanol–water partition coefficient (Wildman–Crippen LogP) is 3.23. The van der Waals surface area contributed by atoms with Crippen molar-refractivity contribution < 1.29 is 9.18 Å². The molecule has 1 N–H and O–H groups in total. The Bertz CT molecular complexity index is 444. The summed E-state index contributed by atoms with van der Waals surface area (Å²) in [4.78, 5) is 17.8. The Morgan fingerprint density at radius 3 is 2.37 bits per heavy atom. The van der Waals surface area contributed by atoms with Crippen molar-refractivity contribution in [3.63, 3.8) is 0 Å². The fourth-order valence-electron chi connectivity index (χ4n) is 1.44. The minimum atomic E-state index is -0.308. The van der Waals surface area contributed by atoms with Gasteiger partial charge in [0.1, 0.15) is 5.82 Å². The molecule has 0 aliphatic carbocycles. The minimum Gasteiger partial charge on any atom is -0.325 e. The molecule has 0 aliphatic heterocycles. The molecular weight excluding hydrogens is 265 g/mol. The number of aliphatic imine (C=N–C) groups is 1. The minimum absolute atomic E-state index is 0.180. The van der Waals surface area contributed by atoms with E-state index in [-0.39, 0.29) is 11.8 Å². The van der Waals surface area contributed by atoms with Crippen molar-refractivity contribution in [1.82, 2.24) is 10.2 Å². The number of rotatable bonds is 3. The molecule has 0 aromatic heterocycles. The number of hydrogen-bond acceptors (Lipinski definition) is 3. The molecule has 2 amide bonds. The van der Waals surface area contributed by atoms with Crippen LogP contribution in [-0.4, -0.2) is 35.4 Å². The van der Waals surface area contributed by atoms with Crippen molar-refractivity contribution in [3.8, 4) is 0 Å². The van der Waals surface area contributed by atoms with Crippen LogP contribution in [-0.2, 0) is 0 Å². The zero-order valence-corrected chi connectivity index (χ0v) is 12.1. The van der Waals surface area contributed by atoms with Gasteiger partial charge in [0.05, 0.1) is 5.69 Å². The van der Waals surface area contributed by atoms with Crippen LogP contribution >= 0.6 is 11.8 Å². The zero-order valence-electron chi connectivity index (χ0n) is 11.3. The standard InChI is InChI=1S/C13H18FN3OS/c1-4-17(5-2)13(18)16-12(19-3)15-11-8-6-10(14)7-9-11/h6-9H,4-5H2,1-3H3,(H,15,16,18). The maximum Gasteiger partial charge on any atom is 0.323 e. The van der Waals surface area contributed by atoms with E-state index < -0.39 is 0 Å². The van der Waals surface area contributed by atoms with E-state index in [4.69, 9.17) is 0 Å². The number of thioether (sulfide) groups is 1. The van der Waals surface area contributed by atoms with Crippen LogP contribution in [0.3, 0.4) is 0 Å². The predicted molar refractivity (Wildman–Crippen MR) is 78.5 cm³/mol. The summed E-state index contributed by atoms with van der Waals surface area (Å²) < 4.78 is 12.8. The summed E-state index contributed by atoms with van der Waals surface area (Å²) >= 11 is 1.33. The molecule has 0 heterocycles. The van der Waals surface area contributed by atoms with Crippen LogP contribution in [0.15, 0.2) is 29.3 Å². The third kappa shape index (κ3) is 4.90. The number of urea groups is 1. The van der Waals surface area contributed by atoms with E-state index in [1.165, 1.54) is 23.9 Å². The first kappa shape index (κ1) is 15.5. The molecule has 0 saturated heterocycles. The summed E-state index contributed by atoms with van der Waals surface area (Å²) in [6.07, 6.45) is 1.82. The largest absolute Gasteiger partial charge is 0.325 e. The van der Waals surface area contributed by atoms with Crippen molar-refractivity contribution in [3.05, 3.63) is 30.1 Å². The van der Waals surface area contributed by atoms with E-state index in [9.17, 15) is 9.18 Å². The van der Waals surface area contributed by atoms with E-state index in [0.717, 1.165) is 0 Å². The molecule has 0 saturated carbocycles. The van der Waals surface area contributed by atoms with Crippen LogP contribution in [0.1, 0.15) is 13.8 Å². The molecule has 4 nitrogen and oxygen atoms in total. The molecular formula is C13H18FN3OS. The number of hydrogen-bond donors (Lipinski definition) is 1. The highest BCUT2D eigenvalue weighted by Crippen LogP contribution is 2.14. The normalized spacial score (nSPS) is 11.3. The monoisotopic (exact) mass is 283 g/mol. The molecule has 6 heteroatoms. The first-order valence-electron chi connectivity index (χ1n) is 6.04. The van der Waals surface area contributed by atoms with Gasteiger partial charge in [-0.1, -0.05) is 11.8 Å². The zero-order chi connectivity index (χ0) is 14.3. The maximum atomic E-state index is 12.8. The molecule has 0 radical (unpaired) electrons. The van der Waals surface area contributed by atoms with Crippen molar-refractivity contribution in [2.24, 2.45) is 4.99 Å². The molecule has 0 spiro atoms. The van der Waals surface area contributed by atoms with E-state index >= 15 is 0 Å². The second-order valence-corrected chi connectivity index (χ2v) is 4.49. The molecule has 19 heavy (non-hydrogen) atoms. The van der Waals surface area contributed by atoms with Crippen LogP contribution < -0.4 is 5.32 Å². The van der Waals surface area contributed by atoms with Gasteiger partial charge in [-0.3, -0.25) is 5.32 Å². The van der Waals surface area contributed by atoms with Crippen LogP contribution in [0.25, 0.3) is 0 Å². The van der Waals surface area contributed by atoms with E-state index in [1.54, 1.807) is 17.0 Å². The average Bonchev–Trinajstić information content (AvgIpc) is 2.41. The second kappa shape index (κ2) is 7.78. The van der Waals surface area contributed by atoms with Gasteiger partial charge in [-0.05, 0) is 44.4 Å². The van der Waals surface area contributed by atoms with Crippen LogP contribution in [0.5, 0.6) is 0 Å². The quantitative estimate of drug-likeness (QED) is 0.683. The lowest BCUT2D eigenvalue weighted by molar-refractivity contribution is 0.209. The smallest absolute Gasteiger partial charge is 0.323 e. The number of halogens is 1. The molecule has 104 valence electrons. The average molecular weight is 283 g/mol. The number of amidine groups is 1. The van der Waals surface area contributed by atoms with Crippen LogP contribution in [0.4, 0.5) is 14.9 Å². The van der Waals surface area contributed by atoms with Crippen molar-refractivity contribution >= 4 is 28.6 Å². The lowest BCUT2D eigenvalue weighted by atomic mass is 10.3. The summed E-state index contributed by atoms with van der Waals surface area (Å²) in [6, 6.07) is 5.62. The number of nitrogens with zero attached hydrogens (tertiary/aromatic N) is 2. The topological polar surface area (TPSA) is 44.7 Å². The van der Waals surface area contributed by atoms with Gasteiger partial charge >= 0.3 is 6.03 Å². The summed E-state index contributed by atoms with van der Waals surface area (Å²) in [6.45, 7) is 5.11. The Morgan fingerprint density at radius 1 is 1.32 bits per heavy atom. The Morgan fingerprint density at radius 2 is 1.89 bits per heavy atom. The Kier molecular flexibility index (Phi) is 6.35. The van der Waals surface area contributed by atoms with Gasteiger partial charge in [0.25, 0.3) is 0 Å². The van der Waals surface area contributed by atoms with Gasteiger partial charge in [-0.25, -0.2) is 14.2 Å². The van der Waals surface area contributed by atoms with E-state index in [2.05, 4.69) is 10.3 Å². The van der Waals surface area contributed by atoms with Crippen molar-refractivity contribution in [2.45, 2.75) is 13.8 Å². The van der Waals surface area contributed by atoms with Crippen LogP contribution in [0, 0.1) is 5.82 Å². The fraction of sp³-hybridized carbons (Fsp3) is 0.385. The van der Waals surface area contributed by atoms with Crippen molar-refractivity contribution in [1.29, 1.82) is 0 Å². The maximum absolute atomic E-state index is 12.8. The molecule has 1 rings (SSSR count). The Hall–Kier alpha value is -1.56. The van der Waals surface area contributed by atoms with Gasteiger partial charge in [-0.15, -0.1) is 0 Å². The molecule has 0 aliphatic rings. The summed E-state index contributed by atoms with van der Waals surface area (Å²) in [5.74, 6) is -0.308. The van der Waals surface area contributed by atoms with Crippen molar-refractivity contribution in [2.75, 3.05) is 19.3 Å². The first-order chi connectivity index (χ1) is 9.10. The highest BCUT2D eigenvalue weighted by atomic mass is 32.2. The highest BCUT2D eigenvalue weighted by Gasteiger charge is 2.11. The second-order valence-electron chi connectivity index (χ2n) is 3.70. The molecule has 0 fully saturated rings. The Balaban J connectivity index is 2.77. The summed E-state index contributed by atoms with van der Waals surface area (Å²) in [5, 5.41) is 3.23. The number of benzene rings is 1. The molecule has 1 aromatic carbocycles. The van der Waals surface area contributed by atoms with Crippen LogP contribution in [0.2, 0.25) is 0 Å². The van der Waals surface area contributed by atoms with Gasteiger partial charge in [0.15, 0.2) is 5.17 Å². The molecule has 0 atom stereocenters. The van der Waals surface area contributed by atoms with Gasteiger partial charge in [0.2, 0.25) is 0 Å². The molecule has 0 bridgehead atoms. The lowest BCUT2D eigenvalue weighted by Crippen LogP contribution is -2.41. The first-order valence-corrected chi connectivity index (χ1v) is 7.27. The number of carbonyl (C=O) groups excluding carboxylic acids is 1. The fourth-order valence-corrected chi connectivity index (χ4v) is 1.82. The van der Waals surface area contributed by atoms with Gasteiger partial charge in [-0.2, -0.15) is 0 Å². The highest BCUT2D eigenvalue weighted by molar-refractivity contribution is 8.13. The third-order valence-electron chi connectivity index (χ3n) is 2.52. The summed E-state index contributed by atoms with van der Waals surface area (Å²) in [5.41, 5.74) is 0.602. The Labute approximate surface area is 117 Å². The SMILES string of the molecule is CCN(CC)C(=O)NC(=Nc1ccc(F)cc1)SC. The van der Waals surface area contributed by atoms with Gasteiger partial charge in [0, 0.05) is 13.1 Å². The third-order valence-corrected chi connectivity index (χ3v) is 3.10. The summed E-state index contributed by atoms with van der Waals surface area (Å²) in [7, 11) is 0.